The molecule has 5 rings (SSSR count). The molecule has 17 heavy (non-hydrogen) atoms. The minimum Gasteiger partial charge on any atom is -0.481 e. The first-order valence-electron chi connectivity index (χ1n) is 7.33. The average Bonchev–Trinajstić information content (AvgIpc) is 2.95. The molecule has 94 valence electrons. The fraction of sp³-hybridized carbons (Fsp3) is 0.933. The third-order valence-electron chi connectivity index (χ3n) is 6.19. The summed E-state index contributed by atoms with van der Waals surface area (Å²) in [5.41, 5.74) is 0.162. The second kappa shape index (κ2) is 3.07. The molecule has 0 aliphatic heterocycles. The Labute approximate surface area is 103 Å². The Bertz CT molecular complexity index is 332. The number of aliphatic carboxylic acids is 1. The molecule has 5 fully saturated rings. The summed E-state index contributed by atoms with van der Waals surface area (Å²) in [6.45, 7) is 0. The van der Waals surface area contributed by atoms with Gasteiger partial charge in [0.15, 0.2) is 0 Å². The zero-order chi connectivity index (χ0) is 11.7. The van der Waals surface area contributed by atoms with Crippen molar-refractivity contribution < 1.29 is 9.90 Å². The molecule has 0 unspecified atom stereocenters. The SMILES string of the molecule is O=C(O)C1(CC23CC4CC(CC(C4)C2)C3)CC1. The van der Waals surface area contributed by atoms with Crippen LogP contribution < -0.4 is 0 Å². The molecule has 2 nitrogen and oxygen atoms in total. The normalized spacial score (nSPS) is 49.3. The van der Waals surface area contributed by atoms with Crippen molar-refractivity contribution in [3.05, 3.63) is 0 Å². The summed E-state index contributed by atoms with van der Waals surface area (Å²) in [5.74, 6) is 2.34. The molecule has 0 radical (unpaired) electrons. The van der Waals surface area contributed by atoms with Crippen molar-refractivity contribution in [1.29, 1.82) is 0 Å². The summed E-state index contributed by atoms with van der Waals surface area (Å²) in [6.07, 6.45) is 11.3. The van der Waals surface area contributed by atoms with E-state index in [1.807, 2.05) is 0 Å². The Kier molecular flexibility index (Phi) is 1.88. The molecule has 0 aromatic heterocycles. The highest BCUT2D eigenvalue weighted by Crippen LogP contribution is 2.66. The van der Waals surface area contributed by atoms with Gasteiger partial charge in [0, 0.05) is 0 Å². The number of carboxylic acid groups (broad SMARTS) is 1. The maximum atomic E-state index is 11.4. The van der Waals surface area contributed by atoms with E-state index < -0.39 is 5.97 Å². The number of hydrogen-bond donors (Lipinski definition) is 1. The molecule has 0 atom stereocenters. The van der Waals surface area contributed by atoms with Crippen LogP contribution in [0.1, 0.15) is 57.8 Å². The van der Waals surface area contributed by atoms with Gasteiger partial charge in [-0.3, -0.25) is 4.79 Å². The number of carboxylic acids is 1. The number of carbonyl (C=O) groups is 1. The molecular weight excluding hydrogens is 212 g/mol. The van der Waals surface area contributed by atoms with E-state index >= 15 is 0 Å². The lowest BCUT2D eigenvalue weighted by Gasteiger charge is -2.57. The standard InChI is InChI=1S/C15H22O2/c16-13(17)15(1-2-15)9-14-6-10-3-11(7-14)5-12(4-10)8-14/h10-12H,1-9H2,(H,16,17). The summed E-state index contributed by atoms with van der Waals surface area (Å²) in [7, 11) is 0. The highest BCUT2D eigenvalue weighted by Gasteiger charge is 2.59. The molecule has 0 spiro atoms. The van der Waals surface area contributed by atoms with Crippen molar-refractivity contribution in [2.45, 2.75) is 57.8 Å². The highest BCUT2D eigenvalue weighted by atomic mass is 16.4. The smallest absolute Gasteiger partial charge is 0.309 e. The lowest BCUT2D eigenvalue weighted by atomic mass is 9.48. The van der Waals surface area contributed by atoms with E-state index in [0.717, 1.165) is 37.0 Å². The molecule has 5 aliphatic rings. The molecule has 1 N–H and O–H groups in total. The van der Waals surface area contributed by atoms with Crippen molar-refractivity contribution in [2.75, 3.05) is 0 Å². The third-order valence-corrected chi connectivity index (χ3v) is 6.19. The van der Waals surface area contributed by atoms with Crippen LogP contribution >= 0.6 is 0 Å². The van der Waals surface area contributed by atoms with Crippen molar-refractivity contribution in [3.63, 3.8) is 0 Å². The monoisotopic (exact) mass is 234 g/mol. The number of hydrogen-bond acceptors (Lipinski definition) is 1. The molecule has 0 saturated heterocycles. The van der Waals surface area contributed by atoms with E-state index in [9.17, 15) is 9.90 Å². The van der Waals surface area contributed by atoms with Gasteiger partial charge < -0.3 is 5.11 Å². The van der Waals surface area contributed by atoms with Gasteiger partial charge in [-0.2, -0.15) is 0 Å². The summed E-state index contributed by atoms with van der Waals surface area (Å²) < 4.78 is 0. The molecule has 4 bridgehead atoms. The van der Waals surface area contributed by atoms with Gasteiger partial charge >= 0.3 is 5.97 Å². The highest BCUT2D eigenvalue weighted by molar-refractivity contribution is 5.77. The molecule has 0 amide bonds. The molecule has 0 aromatic carbocycles. The maximum Gasteiger partial charge on any atom is 0.309 e. The van der Waals surface area contributed by atoms with Crippen LogP contribution in [0.3, 0.4) is 0 Å². The van der Waals surface area contributed by atoms with E-state index in [-0.39, 0.29) is 5.41 Å². The summed E-state index contributed by atoms with van der Waals surface area (Å²) in [6, 6.07) is 0. The van der Waals surface area contributed by atoms with Crippen LogP contribution in [0.2, 0.25) is 0 Å². The summed E-state index contributed by atoms with van der Waals surface area (Å²) >= 11 is 0. The molecule has 5 aliphatic carbocycles. The van der Waals surface area contributed by atoms with E-state index in [1.165, 1.54) is 38.5 Å². The number of rotatable bonds is 3. The predicted octanol–water partition coefficient (Wildman–Crippen LogP) is 3.46. The summed E-state index contributed by atoms with van der Waals surface area (Å²) in [4.78, 5) is 11.4. The Hall–Kier alpha value is -0.530. The second-order valence-corrected chi connectivity index (χ2v) is 7.68. The van der Waals surface area contributed by atoms with Gasteiger partial charge in [-0.05, 0) is 81.0 Å². The van der Waals surface area contributed by atoms with E-state index in [2.05, 4.69) is 0 Å². The van der Waals surface area contributed by atoms with Gasteiger partial charge in [0.25, 0.3) is 0 Å². The van der Waals surface area contributed by atoms with Crippen LogP contribution in [0.5, 0.6) is 0 Å². The lowest BCUT2D eigenvalue weighted by Crippen LogP contribution is -2.47. The zero-order valence-corrected chi connectivity index (χ0v) is 10.5. The van der Waals surface area contributed by atoms with Crippen LogP contribution in [0.25, 0.3) is 0 Å². The van der Waals surface area contributed by atoms with Gasteiger partial charge in [0.1, 0.15) is 0 Å². The molecule has 0 heterocycles. The van der Waals surface area contributed by atoms with Crippen LogP contribution in [0, 0.1) is 28.6 Å². The minimum atomic E-state index is -0.506. The Morgan fingerprint density at radius 2 is 1.47 bits per heavy atom. The van der Waals surface area contributed by atoms with E-state index in [1.54, 1.807) is 0 Å². The van der Waals surface area contributed by atoms with Crippen molar-refractivity contribution in [1.82, 2.24) is 0 Å². The van der Waals surface area contributed by atoms with Crippen molar-refractivity contribution in [2.24, 2.45) is 28.6 Å². The third kappa shape index (κ3) is 1.49. The first-order valence-corrected chi connectivity index (χ1v) is 7.33. The van der Waals surface area contributed by atoms with Gasteiger partial charge in [-0.1, -0.05) is 0 Å². The molecule has 2 heteroatoms. The van der Waals surface area contributed by atoms with E-state index in [0.29, 0.717) is 5.41 Å². The molecule has 0 aromatic rings. The minimum absolute atomic E-state index is 0.286. The maximum absolute atomic E-state index is 11.4. The lowest BCUT2D eigenvalue weighted by molar-refractivity contribution is -0.147. The Morgan fingerprint density at radius 1 is 1.00 bits per heavy atom. The first kappa shape index (κ1) is 10.4. The van der Waals surface area contributed by atoms with Crippen LogP contribution in [0.4, 0.5) is 0 Å². The average molecular weight is 234 g/mol. The fourth-order valence-electron chi connectivity index (χ4n) is 5.84. The van der Waals surface area contributed by atoms with Gasteiger partial charge in [-0.15, -0.1) is 0 Å². The Morgan fingerprint density at radius 3 is 1.82 bits per heavy atom. The Balaban J connectivity index is 1.59. The van der Waals surface area contributed by atoms with Crippen LogP contribution in [0.15, 0.2) is 0 Å². The van der Waals surface area contributed by atoms with Gasteiger partial charge in [0.05, 0.1) is 5.41 Å². The van der Waals surface area contributed by atoms with Crippen molar-refractivity contribution >= 4 is 5.97 Å². The van der Waals surface area contributed by atoms with Crippen LogP contribution in [-0.4, -0.2) is 11.1 Å². The van der Waals surface area contributed by atoms with Gasteiger partial charge in [-0.25, -0.2) is 0 Å². The van der Waals surface area contributed by atoms with E-state index in [4.69, 9.17) is 0 Å². The molecule has 5 saturated carbocycles. The quantitative estimate of drug-likeness (QED) is 0.812. The van der Waals surface area contributed by atoms with Gasteiger partial charge in [0.2, 0.25) is 0 Å². The first-order chi connectivity index (χ1) is 8.09. The predicted molar refractivity (Wildman–Crippen MR) is 64.5 cm³/mol. The topological polar surface area (TPSA) is 37.3 Å². The van der Waals surface area contributed by atoms with Crippen molar-refractivity contribution in [3.8, 4) is 0 Å². The largest absolute Gasteiger partial charge is 0.481 e. The fourth-order valence-corrected chi connectivity index (χ4v) is 5.84. The second-order valence-electron chi connectivity index (χ2n) is 7.68. The summed E-state index contributed by atoms with van der Waals surface area (Å²) in [5, 5.41) is 9.41. The van der Waals surface area contributed by atoms with Crippen LogP contribution in [-0.2, 0) is 4.79 Å². The molecular formula is C15H22O2. The zero-order valence-electron chi connectivity index (χ0n) is 10.5.